The van der Waals surface area contributed by atoms with Crippen LogP contribution in [0.15, 0.2) is 18.5 Å². The second-order valence-electron chi connectivity index (χ2n) is 4.67. The third kappa shape index (κ3) is 4.25. The highest BCUT2D eigenvalue weighted by atomic mass is 16.5. The highest BCUT2D eigenvalue weighted by Crippen LogP contribution is 2.06. The van der Waals surface area contributed by atoms with Crippen molar-refractivity contribution in [2.75, 3.05) is 32.8 Å². The number of carbonyl (C=O) groups is 1. The molecule has 19 heavy (non-hydrogen) atoms. The molecule has 1 saturated heterocycles. The average molecular weight is 264 g/mol. The first kappa shape index (κ1) is 13.9. The van der Waals surface area contributed by atoms with Gasteiger partial charge < -0.3 is 10.1 Å². The van der Waals surface area contributed by atoms with E-state index in [1.807, 2.05) is 0 Å². The fourth-order valence-corrected chi connectivity index (χ4v) is 2.12. The maximum absolute atomic E-state index is 11.8. The second kappa shape index (κ2) is 7.16. The van der Waals surface area contributed by atoms with Crippen LogP contribution in [0.3, 0.4) is 0 Å². The summed E-state index contributed by atoms with van der Waals surface area (Å²) in [6, 6.07) is 2.12. The molecule has 1 aromatic rings. The van der Waals surface area contributed by atoms with Gasteiger partial charge in [0.05, 0.1) is 31.2 Å². The molecule has 1 aromatic heterocycles. The highest BCUT2D eigenvalue weighted by molar-refractivity contribution is 5.93. The van der Waals surface area contributed by atoms with Crippen LogP contribution >= 0.6 is 0 Å². The van der Waals surface area contributed by atoms with Crippen molar-refractivity contribution < 1.29 is 9.53 Å². The quantitative estimate of drug-likeness (QED) is 0.829. The maximum atomic E-state index is 11.8. The van der Waals surface area contributed by atoms with Crippen LogP contribution in [0.5, 0.6) is 0 Å². The Bertz CT molecular complexity index is 393. The fourth-order valence-electron chi connectivity index (χ4n) is 2.12. The Morgan fingerprint density at radius 2 is 2.26 bits per heavy atom. The smallest absolute Gasteiger partial charge is 0.252 e. The van der Waals surface area contributed by atoms with Gasteiger partial charge in [-0.25, -0.2) is 0 Å². The zero-order valence-corrected chi connectivity index (χ0v) is 11.2. The van der Waals surface area contributed by atoms with Crippen molar-refractivity contribution in [2.45, 2.75) is 19.4 Å². The first-order chi connectivity index (χ1) is 9.27. The van der Waals surface area contributed by atoms with E-state index in [9.17, 15) is 4.79 Å². The van der Waals surface area contributed by atoms with E-state index >= 15 is 0 Å². The van der Waals surface area contributed by atoms with Crippen LogP contribution in [-0.4, -0.2) is 59.9 Å². The van der Waals surface area contributed by atoms with Gasteiger partial charge in [0.2, 0.25) is 0 Å². The minimum Gasteiger partial charge on any atom is -0.379 e. The number of rotatable bonds is 5. The molecule has 1 unspecified atom stereocenters. The summed E-state index contributed by atoms with van der Waals surface area (Å²) in [5, 5.41) is 10.2. The summed E-state index contributed by atoms with van der Waals surface area (Å²) in [5.41, 5.74) is 0.550. The number of hydrogen-bond acceptors (Lipinski definition) is 5. The number of aromatic nitrogens is 2. The zero-order chi connectivity index (χ0) is 13.5. The number of morpholine rings is 1. The standard InChI is InChI=1S/C13H20N4O2/c1-11(17-6-8-19-9-7-17)2-4-14-13(18)12-3-5-15-16-10-12/h3,5,10-11H,2,4,6-9H2,1H3,(H,14,18). The number of carbonyl (C=O) groups excluding carboxylic acids is 1. The minimum atomic E-state index is -0.0934. The Kier molecular flexibility index (Phi) is 5.23. The van der Waals surface area contributed by atoms with Gasteiger partial charge in [-0.2, -0.15) is 10.2 Å². The van der Waals surface area contributed by atoms with E-state index in [1.54, 1.807) is 6.07 Å². The molecule has 1 aliphatic heterocycles. The van der Waals surface area contributed by atoms with E-state index in [0.29, 0.717) is 18.2 Å². The molecule has 0 aliphatic carbocycles. The molecule has 0 bridgehead atoms. The Labute approximate surface area is 113 Å². The Morgan fingerprint density at radius 1 is 1.47 bits per heavy atom. The van der Waals surface area contributed by atoms with Crippen LogP contribution in [0.1, 0.15) is 23.7 Å². The molecule has 1 N–H and O–H groups in total. The monoisotopic (exact) mass is 264 g/mol. The summed E-state index contributed by atoms with van der Waals surface area (Å²) in [6.45, 7) is 6.41. The van der Waals surface area contributed by atoms with Crippen LogP contribution in [0.2, 0.25) is 0 Å². The van der Waals surface area contributed by atoms with Gasteiger partial charge in [-0.1, -0.05) is 0 Å². The van der Waals surface area contributed by atoms with Gasteiger partial charge >= 0.3 is 0 Å². The van der Waals surface area contributed by atoms with Crippen molar-refractivity contribution in [1.82, 2.24) is 20.4 Å². The number of amides is 1. The SMILES string of the molecule is CC(CCNC(=O)c1ccnnc1)N1CCOCC1. The molecule has 1 atom stereocenters. The molecule has 0 spiro atoms. The van der Waals surface area contributed by atoms with Gasteiger partial charge in [-0.3, -0.25) is 9.69 Å². The van der Waals surface area contributed by atoms with Crippen LogP contribution in [0, 0.1) is 0 Å². The summed E-state index contributed by atoms with van der Waals surface area (Å²) in [4.78, 5) is 14.2. The second-order valence-corrected chi connectivity index (χ2v) is 4.67. The third-order valence-corrected chi connectivity index (χ3v) is 3.36. The lowest BCUT2D eigenvalue weighted by molar-refractivity contribution is 0.0187. The van der Waals surface area contributed by atoms with Crippen LogP contribution in [-0.2, 0) is 4.74 Å². The molecule has 104 valence electrons. The fraction of sp³-hybridized carbons (Fsp3) is 0.615. The van der Waals surface area contributed by atoms with Gasteiger partial charge in [-0.15, -0.1) is 0 Å². The number of ether oxygens (including phenoxy) is 1. The number of nitrogens with one attached hydrogen (secondary N) is 1. The first-order valence-electron chi connectivity index (χ1n) is 6.64. The third-order valence-electron chi connectivity index (χ3n) is 3.36. The molecule has 6 nitrogen and oxygen atoms in total. The summed E-state index contributed by atoms with van der Waals surface area (Å²) in [7, 11) is 0. The molecular weight excluding hydrogens is 244 g/mol. The predicted molar refractivity (Wildman–Crippen MR) is 70.8 cm³/mol. The summed E-state index contributed by atoms with van der Waals surface area (Å²) >= 11 is 0. The molecule has 6 heteroatoms. The Morgan fingerprint density at radius 3 is 2.95 bits per heavy atom. The minimum absolute atomic E-state index is 0.0934. The lowest BCUT2D eigenvalue weighted by Crippen LogP contribution is -2.43. The van der Waals surface area contributed by atoms with Gasteiger partial charge in [0.25, 0.3) is 5.91 Å². The first-order valence-corrected chi connectivity index (χ1v) is 6.64. The predicted octanol–water partition coefficient (Wildman–Crippen LogP) is 0.317. The van der Waals surface area contributed by atoms with Gasteiger partial charge in [0.1, 0.15) is 0 Å². The molecular formula is C13H20N4O2. The van der Waals surface area contributed by atoms with E-state index in [-0.39, 0.29) is 5.91 Å². The number of hydrogen-bond donors (Lipinski definition) is 1. The Hall–Kier alpha value is -1.53. The molecule has 0 aromatic carbocycles. The molecule has 0 radical (unpaired) electrons. The summed E-state index contributed by atoms with van der Waals surface area (Å²) in [6.07, 6.45) is 3.93. The highest BCUT2D eigenvalue weighted by Gasteiger charge is 2.16. The number of nitrogens with zero attached hydrogens (tertiary/aromatic N) is 3. The summed E-state index contributed by atoms with van der Waals surface area (Å²) < 4.78 is 5.33. The van der Waals surface area contributed by atoms with Crippen molar-refractivity contribution in [1.29, 1.82) is 0 Å². The molecule has 1 fully saturated rings. The van der Waals surface area contributed by atoms with E-state index in [1.165, 1.54) is 12.4 Å². The van der Waals surface area contributed by atoms with Gasteiger partial charge in [0.15, 0.2) is 0 Å². The topological polar surface area (TPSA) is 67.4 Å². The van der Waals surface area contributed by atoms with Crippen molar-refractivity contribution in [3.05, 3.63) is 24.0 Å². The molecule has 2 heterocycles. The van der Waals surface area contributed by atoms with E-state index in [4.69, 9.17) is 4.74 Å². The average Bonchev–Trinajstić information content (AvgIpc) is 2.49. The van der Waals surface area contributed by atoms with Crippen molar-refractivity contribution in [3.63, 3.8) is 0 Å². The van der Waals surface area contributed by atoms with Crippen molar-refractivity contribution in [2.24, 2.45) is 0 Å². The van der Waals surface area contributed by atoms with Crippen molar-refractivity contribution in [3.8, 4) is 0 Å². The van der Waals surface area contributed by atoms with Gasteiger partial charge in [-0.05, 0) is 19.4 Å². The largest absolute Gasteiger partial charge is 0.379 e. The van der Waals surface area contributed by atoms with Gasteiger partial charge in [0, 0.05) is 25.7 Å². The molecule has 1 amide bonds. The summed E-state index contributed by atoms with van der Waals surface area (Å²) in [5.74, 6) is -0.0934. The van der Waals surface area contributed by atoms with Crippen LogP contribution < -0.4 is 5.32 Å². The van der Waals surface area contributed by atoms with E-state index < -0.39 is 0 Å². The lowest BCUT2D eigenvalue weighted by atomic mass is 10.2. The van der Waals surface area contributed by atoms with E-state index in [0.717, 1.165) is 32.7 Å². The van der Waals surface area contributed by atoms with Crippen LogP contribution in [0.25, 0.3) is 0 Å². The van der Waals surface area contributed by atoms with Crippen molar-refractivity contribution >= 4 is 5.91 Å². The molecule has 0 saturated carbocycles. The normalized spacial score (nSPS) is 17.9. The molecule has 1 aliphatic rings. The van der Waals surface area contributed by atoms with Crippen LogP contribution in [0.4, 0.5) is 0 Å². The molecule has 2 rings (SSSR count). The van der Waals surface area contributed by atoms with E-state index in [2.05, 4.69) is 27.3 Å². The maximum Gasteiger partial charge on any atom is 0.252 e. The zero-order valence-electron chi connectivity index (χ0n) is 11.2. The lowest BCUT2D eigenvalue weighted by Gasteiger charge is -2.32. The Balaban J connectivity index is 1.69.